The van der Waals surface area contributed by atoms with E-state index >= 15 is 0 Å². The molecule has 0 fully saturated rings. The molecule has 4 nitrogen and oxygen atoms in total. The van der Waals surface area contributed by atoms with E-state index in [0.29, 0.717) is 24.7 Å². The molecule has 0 aliphatic rings. The van der Waals surface area contributed by atoms with Crippen LogP contribution in [0.1, 0.15) is 11.5 Å². The average Bonchev–Trinajstić information content (AvgIpc) is 2.67. The number of hydrogen-bond acceptors (Lipinski definition) is 4. The van der Waals surface area contributed by atoms with Crippen molar-refractivity contribution < 1.29 is 4.52 Å². The minimum atomic E-state index is 0. The molecule has 2 rings (SSSR count). The van der Waals surface area contributed by atoms with Crippen LogP contribution in [0.25, 0.3) is 11.4 Å². The minimum absolute atomic E-state index is 0. The van der Waals surface area contributed by atoms with Gasteiger partial charge >= 0.3 is 0 Å². The molecule has 0 saturated heterocycles. The average molecular weight is 240 g/mol. The van der Waals surface area contributed by atoms with Crippen molar-refractivity contribution in [1.29, 1.82) is 0 Å². The van der Waals surface area contributed by atoms with E-state index in [1.807, 2.05) is 31.2 Å². The van der Waals surface area contributed by atoms with Crippen molar-refractivity contribution in [3.05, 3.63) is 35.7 Å². The largest absolute Gasteiger partial charge is 0.339 e. The molecule has 0 radical (unpaired) electrons. The fraction of sp³-hybridized carbons (Fsp3) is 0.273. The van der Waals surface area contributed by atoms with Crippen LogP contribution in [-0.4, -0.2) is 16.7 Å². The van der Waals surface area contributed by atoms with Crippen LogP contribution in [0.3, 0.4) is 0 Å². The summed E-state index contributed by atoms with van der Waals surface area (Å²) in [7, 11) is 0. The Morgan fingerprint density at radius 1 is 1.38 bits per heavy atom. The van der Waals surface area contributed by atoms with Crippen LogP contribution in [0.2, 0.25) is 0 Å². The second-order valence-electron chi connectivity index (χ2n) is 3.42. The first-order chi connectivity index (χ1) is 7.29. The van der Waals surface area contributed by atoms with Crippen LogP contribution in [0.15, 0.2) is 28.8 Å². The van der Waals surface area contributed by atoms with E-state index in [1.165, 1.54) is 5.56 Å². The first-order valence-corrected chi connectivity index (χ1v) is 4.89. The number of aromatic nitrogens is 2. The molecule has 0 atom stereocenters. The van der Waals surface area contributed by atoms with Gasteiger partial charge in [0.1, 0.15) is 0 Å². The van der Waals surface area contributed by atoms with E-state index in [9.17, 15) is 0 Å². The van der Waals surface area contributed by atoms with Crippen molar-refractivity contribution in [2.75, 3.05) is 6.54 Å². The zero-order valence-corrected chi connectivity index (χ0v) is 9.83. The summed E-state index contributed by atoms with van der Waals surface area (Å²) in [5, 5.41) is 3.90. The quantitative estimate of drug-likeness (QED) is 0.890. The Hall–Kier alpha value is -1.39. The number of halogens is 1. The molecule has 5 heteroatoms. The van der Waals surface area contributed by atoms with E-state index in [1.54, 1.807) is 0 Å². The SMILES string of the molecule is Cc1cccc(-c2noc(CCN)n2)c1.Cl. The van der Waals surface area contributed by atoms with E-state index in [4.69, 9.17) is 10.3 Å². The topological polar surface area (TPSA) is 64.9 Å². The van der Waals surface area contributed by atoms with Gasteiger partial charge in [0.15, 0.2) is 0 Å². The maximum atomic E-state index is 5.40. The van der Waals surface area contributed by atoms with Gasteiger partial charge in [-0.1, -0.05) is 28.9 Å². The van der Waals surface area contributed by atoms with E-state index < -0.39 is 0 Å². The zero-order valence-electron chi connectivity index (χ0n) is 9.01. The first kappa shape index (κ1) is 12.7. The predicted molar refractivity (Wildman–Crippen MR) is 64.5 cm³/mol. The molecule has 0 amide bonds. The van der Waals surface area contributed by atoms with Gasteiger partial charge in [-0.05, 0) is 13.0 Å². The fourth-order valence-corrected chi connectivity index (χ4v) is 1.38. The number of nitrogens with two attached hydrogens (primary N) is 1. The van der Waals surface area contributed by atoms with Gasteiger partial charge in [0.05, 0.1) is 0 Å². The highest BCUT2D eigenvalue weighted by molar-refractivity contribution is 5.85. The lowest BCUT2D eigenvalue weighted by Gasteiger charge is -1.94. The second kappa shape index (κ2) is 5.63. The van der Waals surface area contributed by atoms with Crippen LogP contribution in [-0.2, 0) is 6.42 Å². The van der Waals surface area contributed by atoms with Gasteiger partial charge in [0, 0.05) is 18.5 Å². The highest BCUT2D eigenvalue weighted by Gasteiger charge is 2.07. The van der Waals surface area contributed by atoms with Crippen LogP contribution in [0.5, 0.6) is 0 Å². The molecule has 0 aliphatic heterocycles. The lowest BCUT2D eigenvalue weighted by Crippen LogP contribution is -2.02. The molecule has 0 saturated carbocycles. The molecular weight excluding hydrogens is 226 g/mol. The Bertz CT molecular complexity index is 456. The minimum Gasteiger partial charge on any atom is -0.339 e. The summed E-state index contributed by atoms with van der Waals surface area (Å²) in [6.07, 6.45) is 0.624. The Morgan fingerprint density at radius 2 is 2.19 bits per heavy atom. The van der Waals surface area contributed by atoms with Gasteiger partial charge in [-0.2, -0.15) is 4.98 Å². The molecule has 1 heterocycles. The molecule has 1 aromatic heterocycles. The van der Waals surface area contributed by atoms with Gasteiger partial charge in [0.25, 0.3) is 0 Å². The van der Waals surface area contributed by atoms with E-state index in [0.717, 1.165) is 5.56 Å². The number of hydrogen-bond donors (Lipinski definition) is 1. The summed E-state index contributed by atoms with van der Waals surface area (Å²) in [4.78, 5) is 4.25. The monoisotopic (exact) mass is 239 g/mol. The number of nitrogens with zero attached hydrogens (tertiary/aromatic N) is 2. The van der Waals surface area contributed by atoms with Crippen LogP contribution in [0.4, 0.5) is 0 Å². The molecule has 2 N–H and O–H groups in total. The van der Waals surface area contributed by atoms with Crippen molar-refractivity contribution in [2.45, 2.75) is 13.3 Å². The number of benzene rings is 1. The Balaban J connectivity index is 0.00000128. The van der Waals surface area contributed by atoms with Gasteiger partial charge in [0.2, 0.25) is 11.7 Å². The molecular formula is C11H14ClN3O. The van der Waals surface area contributed by atoms with Crippen molar-refractivity contribution in [3.63, 3.8) is 0 Å². The molecule has 86 valence electrons. The van der Waals surface area contributed by atoms with Gasteiger partial charge in [-0.15, -0.1) is 12.4 Å². The smallest absolute Gasteiger partial charge is 0.228 e. The molecule has 0 unspecified atom stereocenters. The second-order valence-corrected chi connectivity index (χ2v) is 3.42. The lowest BCUT2D eigenvalue weighted by atomic mass is 10.1. The summed E-state index contributed by atoms with van der Waals surface area (Å²) in [6.45, 7) is 2.56. The summed E-state index contributed by atoms with van der Waals surface area (Å²) in [6, 6.07) is 8.00. The zero-order chi connectivity index (χ0) is 10.7. The number of aryl methyl sites for hydroxylation is 1. The summed E-state index contributed by atoms with van der Waals surface area (Å²) in [5.41, 5.74) is 7.56. The highest BCUT2D eigenvalue weighted by atomic mass is 35.5. The standard InChI is InChI=1S/C11H13N3O.ClH/c1-8-3-2-4-9(7-8)11-13-10(5-6-12)15-14-11;/h2-4,7H,5-6,12H2,1H3;1H. The van der Waals surface area contributed by atoms with Crippen LogP contribution in [0, 0.1) is 6.92 Å². The molecule has 0 aliphatic carbocycles. The van der Waals surface area contributed by atoms with Crippen molar-refractivity contribution in [3.8, 4) is 11.4 Å². The maximum Gasteiger partial charge on any atom is 0.228 e. The Kier molecular flexibility index (Phi) is 4.46. The molecule has 0 spiro atoms. The first-order valence-electron chi connectivity index (χ1n) is 4.89. The summed E-state index contributed by atoms with van der Waals surface area (Å²) < 4.78 is 5.06. The van der Waals surface area contributed by atoms with E-state index in [2.05, 4.69) is 10.1 Å². The third-order valence-electron chi connectivity index (χ3n) is 2.10. The predicted octanol–water partition coefficient (Wildman–Crippen LogP) is 1.97. The van der Waals surface area contributed by atoms with Crippen LogP contribution >= 0.6 is 12.4 Å². The molecule has 1 aromatic carbocycles. The van der Waals surface area contributed by atoms with Crippen LogP contribution < -0.4 is 5.73 Å². The Labute approximate surface area is 100 Å². The highest BCUT2D eigenvalue weighted by Crippen LogP contribution is 2.16. The summed E-state index contributed by atoms with van der Waals surface area (Å²) >= 11 is 0. The van der Waals surface area contributed by atoms with Gasteiger partial charge < -0.3 is 10.3 Å². The molecule has 2 aromatic rings. The van der Waals surface area contributed by atoms with E-state index in [-0.39, 0.29) is 12.4 Å². The van der Waals surface area contributed by atoms with Gasteiger partial charge in [-0.3, -0.25) is 0 Å². The normalized spacial score (nSPS) is 9.88. The van der Waals surface area contributed by atoms with Crippen molar-refractivity contribution in [2.24, 2.45) is 5.73 Å². The molecule has 0 bridgehead atoms. The maximum absolute atomic E-state index is 5.40. The van der Waals surface area contributed by atoms with Crippen molar-refractivity contribution in [1.82, 2.24) is 10.1 Å². The van der Waals surface area contributed by atoms with Crippen molar-refractivity contribution >= 4 is 12.4 Å². The third kappa shape index (κ3) is 2.81. The van der Waals surface area contributed by atoms with Gasteiger partial charge in [-0.25, -0.2) is 0 Å². The molecule has 16 heavy (non-hydrogen) atoms. The lowest BCUT2D eigenvalue weighted by molar-refractivity contribution is 0.380. The summed E-state index contributed by atoms with van der Waals surface area (Å²) in [5.74, 6) is 1.22. The number of rotatable bonds is 3. The Morgan fingerprint density at radius 3 is 2.88 bits per heavy atom. The third-order valence-corrected chi connectivity index (χ3v) is 2.10. The fourth-order valence-electron chi connectivity index (χ4n) is 1.38.